The Morgan fingerprint density at radius 2 is 2.26 bits per heavy atom. The smallest absolute Gasteiger partial charge is 0.254 e. The molecule has 104 valence electrons. The van der Waals surface area contributed by atoms with Gasteiger partial charge in [0.15, 0.2) is 0 Å². The van der Waals surface area contributed by atoms with Gasteiger partial charge in [0.1, 0.15) is 5.75 Å². The second-order valence-electron chi connectivity index (χ2n) is 4.93. The van der Waals surface area contributed by atoms with Gasteiger partial charge in [-0.2, -0.15) is 0 Å². The molecule has 1 aliphatic rings. The van der Waals surface area contributed by atoms with E-state index in [1.807, 2.05) is 4.90 Å². The highest BCUT2D eigenvalue weighted by molar-refractivity contribution is 5.95. The number of carbonyl (C=O) groups is 1. The monoisotopic (exact) mass is 264 g/mol. The number of rotatable bonds is 4. The average molecular weight is 264 g/mol. The topological polar surface area (TPSA) is 86.8 Å². The number of aromatic hydroxyl groups is 1. The van der Waals surface area contributed by atoms with Gasteiger partial charge in [-0.3, -0.25) is 4.79 Å². The van der Waals surface area contributed by atoms with Crippen LogP contribution >= 0.6 is 0 Å². The number of phenols is 1. The summed E-state index contributed by atoms with van der Waals surface area (Å²) in [5, 5.41) is 18.5. The number of nitrogens with two attached hydrogens (primary N) is 1. The minimum absolute atomic E-state index is 0.0584. The van der Waals surface area contributed by atoms with Gasteiger partial charge in [-0.05, 0) is 43.9 Å². The number of aliphatic hydroxyl groups excluding tert-OH is 1. The third-order valence-electron chi connectivity index (χ3n) is 3.61. The molecule has 0 radical (unpaired) electrons. The van der Waals surface area contributed by atoms with E-state index in [1.165, 1.54) is 6.07 Å². The number of carbonyl (C=O) groups excluding carboxylic acids is 1. The van der Waals surface area contributed by atoms with Crippen molar-refractivity contribution in [3.8, 4) is 5.75 Å². The molecule has 0 bridgehead atoms. The Morgan fingerprint density at radius 3 is 2.95 bits per heavy atom. The summed E-state index contributed by atoms with van der Waals surface area (Å²) in [7, 11) is 0. The molecule has 0 spiro atoms. The first-order valence-corrected chi connectivity index (χ1v) is 6.64. The second kappa shape index (κ2) is 5.93. The Kier molecular flexibility index (Phi) is 4.27. The normalized spacial score (nSPS) is 18.8. The lowest BCUT2D eigenvalue weighted by Gasteiger charge is -2.24. The SMILES string of the molecule is Nc1ccc(C(=O)N2CCCC2CCCO)cc1O. The van der Waals surface area contributed by atoms with Crippen LogP contribution in [0.2, 0.25) is 0 Å². The van der Waals surface area contributed by atoms with Crippen molar-refractivity contribution in [1.29, 1.82) is 0 Å². The Balaban J connectivity index is 2.11. The van der Waals surface area contributed by atoms with E-state index in [0.717, 1.165) is 25.8 Å². The van der Waals surface area contributed by atoms with Crippen molar-refractivity contribution in [2.75, 3.05) is 18.9 Å². The van der Waals surface area contributed by atoms with Crippen molar-refractivity contribution in [3.63, 3.8) is 0 Å². The first-order chi connectivity index (χ1) is 9.13. The van der Waals surface area contributed by atoms with Crippen LogP contribution in [0.4, 0.5) is 5.69 Å². The molecular formula is C14H20N2O3. The quantitative estimate of drug-likeness (QED) is 0.566. The van der Waals surface area contributed by atoms with E-state index < -0.39 is 0 Å². The van der Waals surface area contributed by atoms with E-state index in [1.54, 1.807) is 12.1 Å². The van der Waals surface area contributed by atoms with Crippen molar-refractivity contribution < 1.29 is 15.0 Å². The fourth-order valence-electron chi connectivity index (χ4n) is 2.57. The minimum atomic E-state index is -0.0734. The van der Waals surface area contributed by atoms with Crippen LogP contribution in [-0.2, 0) is 0 Å². The number of benzene rings is 1. The zero-order chi connectivity index (χ0) is 13.8. The summed E-state index contributed by atoms with van der Waals surface area (Å²) in [5.41, 5.74) is 6.27. The Bertz CT molecular complexity index is 462. The van der Waals surface area contributed by atoms with Crippen LogP contribution in [0.5, 0.6) is 5.75 Å². The van der Waals surface area contributed by atoms with Gasteiger partial charge in [-0.25, -0.2) is 0 Å². The third-order valence-corrected chi connectivity index (χ3v) is 3.61. The van der Waals surface area contributed by atoms with Gasteiger partial charge in [0.2, 0.25) is 0 Å². The van der Waals surface area contributed by atoms with Crippen LogP contribution in [0.25, 0.3) is 0 Å². The van der Waals surface area contributed by atoms with Crippen molar-refractivity contribution >= 4 is 11.6 Å². The lowest BCUT2D eigenvalue weighted by atomic mass is 10.1. The van der Waals surface area contributed by atoms with Gasteiger partial charge in [0, 0.05) is 24.8 Å². The van der Waals surface area contributed by atoms with E-state index in [-0.39, 0.29) is 30.0 Å². The fraction of sp³-hybridized carbons (Fsp3) is 0.500. The molecule has 1 unspecified atom stereocenters. The molecular weight excluding hydrogens is 244 g/mol. The molecule has 1 fully saturated rings. The standard InChI is InChI=1S/C14H20N2O3/c15-12-6-5-10(9-13(12)18)14(19)16-7-1-3-11(16)4-2-8-17/h5-6,9,11,17-18H,1-4,7-8,15H2. The summed E-state index contributed by atoms with van der Waals surface area (Å²) in [6.45, 7) is 0.890. The van der Waals surface area contributed by atoms with Gasteiger partial charge >= 0.3 is 0 Å². The van der Waals surface area contributed by atoms with E-state index in [2.05, 4.69) is 0 Å². The van der Waals surface area contributed by atoms with Crippen molar-refractivity contribution in [1.82, 2.24) is 4.90 Å². The number of likely N-dealkylation sites (tertiary alicyclic amines) is 1. The maximum Gasteiger partial charge on any atom is 0.254 e. The van der Waals surface area contributed by atoms with Crippen molar-refractivity contribution in [3.05, 3.63) is 23.8 Å². The summed E-state index contributed by atoms with van der Waals surface area (Å²) in [6.07, 6.45) is 3.50. The van der Waals surface area contributed by atoms with Crippen LogP contribution < -0.4 is 5.73 Å². The van der Waals surface area contributed by atoms with Crippen LogP contribution in [0.3, 0.4) is 0 Å². The molecule has 1 aromatic rings. The molecule has 0 saturated carbocycles. The van der Waals surface area contributed by atoms with Gasteiger partial charge in [-0.15, -0.1) is 0 Å². The van der Waals surface area contributed by atoms with Gasteiger partial charge < -0.3 is 20.8 Å². The number of amides is 1. The van der Waals surface area contributed by atoms with Crippen molar-refractivity contribution in [2.24, 2.45) is 0 Å². The molecule has 1 atom stereocenters. The number of phenolic OH excluding ortho intramolecular Hbond substituents is 1. The molecule has 2 rings (SSSR count). The molecule has 5 heteroatoms. The number of aliphatic hydroxyl groups is 1. The van der Waals surface area contributed by atoms with Crippen LogP contribution in [0, 0.1) is 0 Å². The lowest BCUT2D eigenvalue weighted by molar-refractivity contribution is 0.0724. The average Bonchev–Trinajstić information content (AvgIpc) is 2.87. The molecule has 0 aromatic heterocycles. The molecule has 1 aromatic carbocycles. The van der Waals surface area contributed by atoms with Crippen LogP contribution in [-0.4, -0.2) is 40.2 Å². The van der Waals surface area contributed by atoms with Crippen molar-refractivity contribution in [2.45, 2.75) is 31.7 Å². The molecule has 1 saturated heterocycles. The number of anilines is 1. The molecule has 19 heavy (non-hydrogen) atoms. The van der Waals surface area contributed by atoms with E-state index in [9.17, 15) is 9.90 Å². The fourth-order valence-corrected chi connectivity index (χ4v) is 2.57. The highest BCUT2D eigenvalue weighted by atomic mass is 16.3. The maximum atomic E-state index is 12.4. The molecule has 1 heterocycles. The van der Waals surface area contributed by atoms with Gasteiger partial charge in [0.25, 0.3) is 5.91 Å². The number of nitrogen functional groups attached to an aromatic ring is 1. The first kappa shape index (κ1) is 13.7. The molecule has 5 nitrogen and oxygen atoms in total. The van der Waals surface area contributed by atoms with Crippen LogP contribution in [0.1, 0.15) is 36.0 Å². The van der Waals surface area contributed by atoms with E-state index in [4.69, 9.17) is 10.8 Å². The Morgan fingerprint density at radius 1 is 1.47 bits per heavy atom. The highest BCUT2D eigenvalue weighted by Gasteiger charge is 2.29. The summed E-state index contributed by atoms with van der Waals surface area (Å²) in [4.78, 5) is 14.2. The number of hydrogen-bond donors (Lipinski definition) is 3. The number of nitrogens with zero attached hydrogens (tertiary/aromatic N) is 1. The van der Waals surface area contributed by atoms with Gasteiger partial charge in [-0.1, -0.05) is 0 Å². The lowest BCUT2D eigenvalue weighted by Crippen LogP contribution is -2.35. The number of hydrogen-bond acceptors (Lipinski definition) is 4. The summed E-state index contributed by atoms with van der Waals surface area (Å²) < 4.78 is 0. The second-order valence-corrected chi connectivity index (χ2v) is 4.93. The molecule has 1 amide bonds. The zero-order valence-electron chi connectivity index (χ0n) is 10.9. The third kappa shape index (κ3) is 2.98. The summed E-state index contributed by atoms with van der Waals surface area (Å²) in [6, 6.07) is 4.79. The molecule has 0 aliphatic carbocycles. The summed E-state index contributed by atoms with van der Waals surface area (Å²) in [5.74, 6) is -0.132. The predicted octanol–water partition coefficient (Wildman–Crippen LogP) is 1.35. The zero-order valence-corrected chi connectivity index (χ0v) is 10.9. The molecule has 4 N–H and O–H groups in total. The summed E-state index contributed by atoms with van der Waals surface area (Å²) >= 11 is 0. The minimum Gasteiger partial charge on any atom is -0.506 e. The highest BCUT2D eigenvalue weighted by Crippen LogP contribution is 2.26. The molecule has 1 aliphatic heterocycles. The maximum absolute atomic E-state index is 12.4. The van der Waals surface area contributed by atoms with E-state index >= 15 is 0 Å². The Hall–Kier alpha value is -1.75. The first-order valence-electron chi connectivity index (χ1n) is 6.64. The predicted molar refractivity (Wildman–Crippen MR) is 72.9 cm³/mol. The van der Waals surface area contributed by atoms with Gasteiger partial charge in [0.05, 0.1) is 5.69 Å². The Labute approximate surface area is 112 Å². The largest absolute Gasteiger partial charge is 0.506 e. The van der Waals surface area contributed by atoms with E-state index in [0.29, 0.717) is 12.0 Å². The van der Waals surface area contributed by atoms with Crippen LogP contribution in [0.15, 0.2) is 18.2 Å².